The van der Waals surface area contributed by atoms with Crippen LogP contribution in [0.25, 0.3) is 11.1 Å². The average Bonchev–Trinajstić information content (AvgIpc) is 2.90. The highest BCUT2D eigenvalue weighted by Crippen LogP contribution is 2.28. The fourth-order valence-electron chi connectivity index (χ4n) is 4.79. The van der Waals surface area contributed by atoms with Crippen LogP contribution in [0.15, 0.2) is 60.8 Å². The second kappa shape index (κ2) is 9.82. The van der Waals surface area contributed by atoms with Gasteiger partial charge in [-0.05, 0) is 46.9 Å². The van der Waals surface area contributed by atoms with E-state index in [4.69, 9.17) is 11.6 Å². The van der Waals surface area contributed by atoms with Crippen LogP contribution in [0, 0.1) is 12.1 Å². The lowest BCUT2D eigenvalue weighted by Gasteiger charge is -2.38. The van der Waals surface area contributed by atoms with Gasteiger partial charge in [0.1, 0.15) is 0 Å². The van der Waals surface area contributed by atoms with Gasteiger partial charge in [0.2, 0.25) is 0 Å². The molecule has 3 heterocycles. The van der Waals surface area contributed by atoms with Crippen molar-refractivity contribution >= 4 is 27.7 Å². The minimum absolute atomic E-state index is 0.123. The summed E-state index contributed by atoms with van der Waals surface area (Å²) >= 11 is 6.27. The first kappa shape index (κ1) is 24.7. The highest BCUT2D eigenvalue weighted by atomic mass is 35.5. The third-order valence-corrected chi connectivity index (χ3v) is 9.25. The van der Waals surface area contributed by atoms with E-state index in [9.17, 15) is 18.4 Å². The third kappa shape index (κ3) is 4.71. The summed E-state index contributed by atoms with van der Waals surface area (Å²) in [6.07, 6.45) is 2.05. The molecule has 1 aromatic heterocycles. The number of fused-ring (bicyclic) bond motifs is 1. The van der Waals surface area contributed by atoms with Crippen molar-refractivity contribution in [3.8, 4) is 11.1 Å². The van der Waals surface area contributed by atoms with Crippen LogP contribution in [-0.4, -0.2) is 60.6 Å². The van der Waals surface area contributed by atoms with Crippen molar-refractivity contribution < 1.29 is 17.9 Å². The van der Waals surface area contributed by atoms with Crippen LogP contribution >= 0.6 is 11.6 Å². The maximum atomic E-state index is 13.3. The number of benzene rings is 2. The number of rotatable bonds is 4. The summed E-state index contributed by atoms with van der Waals surface area (Å²) in [6, 6.07) is 16.4. The lowest BCUT2D eigenvalue weighted by molar-refractivity contribution is -0.612. The van der Waals surface area contributed by atoms with Crippen molar-refractivity contribution in [2.45, 2.75) is 19.9 Å². The van der Waals surface area contributed by atoms with Crippen LogP contribution in [0.5, 0.6) is 0 Å². The predicted molar refractivity (Wildman–Crippen MR) is 138 cm³/mol. The van der Waals surface area contributed by atoms with Gasteiger partial charge in [0.05, 0.1) is 0 Å². The summed E-state index contributed by atoms with van der Waals surface area (Å²) in [6.45, 7) is 3.61. The Kier molecular flexibility index (Phi) is 6.74. The monoisotopic (exact) mass is 526 g/mol. The summed E-state index contributed by atoms with van der Waals surface area (Å²) in [7, 11) is -3.64. The zero-order valence-corrected chi connectivity index (χ0v) is 21.5. The maximum absolute atomic E-state index is 13.3. The molecule has 8 nitrogen and oxygen atoms in total. The topological polar surface area (TPSA) is 87.9 Å². The number of aryl methyl sites for hydroxylation is 1. The van der Waals surface area contributed by atoms with Crippen molar-refractivity contribution in [3.05, 3.63) is 93.4 Å². The van der Waals surface area contributed by atoms with Gasteiger partial charge in [-0.1, -0.05) is 35.9 Å². The number of hydrogen-bond donors (Lipinski definition) is 0. The third-order valence-electron chi connectivity index (χ3n) is 6.92. The van der Waals surface area contributed by atoms with Gasteiger partial charge in [0, 0.05) is 68.9 Å². The van der Waals surface area contributed by atoms with E-state index in [2.05, 4.69) is 0 Å². The lowest BCUT2D eigenvalue weighted by Crippen LogP contribution is -2.54. The van der Waals surface area contributed by atoms with E-state index in [0.717, 1.165) is 27.0 Å². The minimum Gasteiger partial charge on any atom is -0.619 e. The molecule has 2 aromatic carbocycles. The molecule has 1 fully saturated rings. The zero-order chi connectivity index (χ0) is 25.4. The Morgan fingerprint density at radius 3 is 2.36 bits per heavy atom. The molecule has 0 spiro atoms. The Hall–Kier alpha value is -2.98. The molecule has 0 aliphatic carbocycles. The fraction of sp³-hybridized carbons (Fsp3) is 0.308. The Balaban J connectivity index is 1.22. The average molecular weight is 527 g/mol. The summed E-state index contributed by atoms with van der Waals surface area (Å²) in [5.41, 5.74) is 4.91. The standard InChI is InChI=1S/C26H27ClN4O4S/c1-19-17-22(9-12-31(19)33)20-5-7-21(8-6-20)26(32)28-13-15-29(16-14-28)36(34,35)30-11-10-24-23(18-30)3-2-4-25(24)27/h2-9,12,17H,10-11,13-16,18H2,1H3. The number of nitrogens with zero attached hydrogens (tertiary/aromatic N) is 4. The van der Waals surface area contributed by atoms with E-state index in [-0.39, 0.29) is 19.0 Å². The number of hydrogen-bond acceptors (Lipinski definition) is 4. The smallest absolute Gasteiger partial charge is 0.282 e. The summed E-state index contributed by atoms with van der Waals surface area (Å²) in [4.78, 5) is 14.8. The highest BCUT2D eigenvalue weighted by Gasteiger charge is 2.35. The van der Waals surface area contributed by atoms with Crippen LogP contribution in [0.1, 0.15) is 27.2 Å². The number of piperazine rings is 1. The summed E-state index contributed by atoms with van der Waals surface area (Å²) < 4.78 is 30.4. The van der Waals surface area contributed by atoms with E-state index < -0.39 is 10.2 Å². The molecule has 0 radical (unpaired) electrons. The van der Waals surface area contributed by atoms with E-state index in [1.807, 2.05) is 30.3 Å². The normalized spacial score (nSPS) is 17.1. The number of pyridine rings is 1. The number of halogens is 1. The summed E-state index contributed by atoms with van der Waals surface area (Å²) in [5, 5.41) is 12.3. The molecular formula is C26H27ClN4O4S. The van der Waals surface area contributed by atoms with Crippen molar-refractivity contribution in [1.29, 1.82) is 0 Å². The Morgan fingerprint density at radius 2 is 1.67 bits per heavy atom. The van der Waals surface area contributed by atoms with Gasteiger partial charge in [0.25, 0.3) is 16.1 Å². The second-order valence-corrected chi connectivity index (χ2v) is 11.5. The number of carbonyl (C=O) groups excluding carboxylic acids is 1. The van der Waals surface area contributed by atoms with E-state index in [1.165, 1.54) is 14.8 Å². The zero-order valence-electron chi connectivity index (χ0n) is 19.9. The largest absolute Gasteiger partial charge is 0.619 e. The second-order valence-electron chi connectivity index (χ2n) is 9.12. The molecule has 1 amide bonds. The molecule has 0 bridgehead atoms. The molecule has 0 unspecified atom stereocenters. The quantitative estimate of drug-likeness (QED) is 0.386. The molecule has 1 saturated heterocycles. The molecule has 0 N–H and O–H groups in total. The van der Waals surface area contributed by atoms with Gasteiger partial charge in [-0.3, -0.25) is 4.79 Å². The number of carbonyl (C=O) groups is 1. The van der Waals surface area contributed by atoms with Gasteiger partial charge in [-0.15, -0.1) is 0 Å². The van der Waals surface area contributed by atoms with Crippen LogP contribution in [0.2, 0.25) is 5.02 Å². The van der Waals surface area contributed by atoms with E-state index >= 15 is 0 Å². The summed E-state index contributed by atoms with van der Waals surface area (Å²) in [5.74, 6) is -0.123. The van der Waals surface area contributed by atoms with Crippen molar-refractivity contribution in [2.24, 2.45) is 0 Å². The highest BCUT2D eigenvalue weighted by molar-refractivity contribution is 7.86. The molecule has 0 saturated carbocycles. The Morgan fingerprint density at radius 1 is 0.944 bits per heavy atom. The number of aromatic nitrogens is 1. The maximum Gasteiger partial charge on any atom is 0.282 e. The predicted octanol–water partition coefficient (Wildman–Crippen LogP) is 3.01. The minimum atomic E-state index is -3.64. The van der Waals surface area contributed by atoms with E-state index in [1.54, 1.807) is 36.1 Å². The Labute approximate surface area is 216 Å². The van der Waals surface area contributed by atoms with Crippen LogP contribution in [-0.2, 0) is 23.2 Å². The first-order valence-electron chi connectivity index (χ1n) is 11.8. The van der Waals surface area contributed by atoms with Crippen LogP contribution in [0.4, 0.5) is 0 Å². The van der Waals surface area contributed by atoms with Gasteiger partial charge < -0.3 is 10.1 Å². The van der Waals surface area contributed by atoms with Gasteiger partial charge in [0.15, 0.2) is 11.9 Å². The van der Waals surface area contributed by atoms with Gasteiger partial charge in [-0.25, -0.2) is 0 Å². The molecule has 5 rings (SSSR count). The molecule has 2 aliphatic heterocycles. The van der Waals surface area contributed by atoms with Crippen molar-refractivity contribution in [1.82, 2.24) is 13.5 Å². The van der Waals surface area contributed by atoms with Gasteiger partial charge >= 0.3 is 0 Å². The SMILES string of the molecule is Cc1cc(-c2ccc(C(=O)N3CCN(S(=O)(=O)N4CCc5c(Cl)cccc5C4)CC3)cc2)cc[n+]1[O-]. The fourth-order valence-corrected chi connectivity index (χ4v) is 6.65. The van der Waals surface area contributed by atoms with Crippen molar-refractivity contribution in [2.75, 3.05) is 32.7 Å². The molecule has 3 aromatic rings. The van der Waals surface area contributed by atoms with Gasteiger partial charge in [-0.2, -0.15) is 21.8 Å². The molecule has 10 heteroatoms. The first-order valence-corrected chi connectivity index (χ1v) is 13.6. The van der Waals surface area contributed by atoms with Crippen LogP contribution in [0.3, 0.4) is 0 Å². The lowest BCUT2D eigenvalue weighted by atomic mass is 10.0. The number of amides is 1. The van der Waals surface area contributed by atoms with Crippen LogP contribution < -0.4 is 4.73 Å². The molecule has 0 atom stereocenters. The molecule has 188 valence electrons. The first-order chi connectivity index (χ1) is 17.2. The molecule has 36 heavy (non-hydrogen) atoms. The Bertz CT molecular complexity index is 1400. The van der Waals surface area contributed by atoms with E-state index in [0.29, 0.717) is 48.9 Å². The molecule has 2 aliphatic rings. The molecular weight excluding hydrogens is 500 g/mol. The van der Waals surface area contributed by atoms with Crippen molar-refractivity contribution in [3.63, 3.8) is 0 Å².